The van der Waals surface area contributed by atoms with E-state index in [1.807, 2.05) is 42.5 Å². The number of rotatable bonds is 5. The summed E-state index contributed by atoms with van der Waals surface area (Å²) in [7, 11) is -3.76. The second-order valence-corrected chi connectivity index (χ2v) is 8.70. The Kier molecular flexibility index (Phi) is 4.85. The predicted molar refractivity (Wildman–Crippen MR) is 113 cm³/mol. The highest BCUT2D eigenvalue weighted by molar-refractivity contribution is 7.92. The number of carbonyl (C=O) groups is 1. The molecule has 0 aliphatic rings. The third-order valence-electron chi connectivity index (χ3n) is 4.18. The van der Waals surface area contributed by atoms with E-state index in [0.717, 1.165) is 10.8 Å². The van der Waals surface area contributed by atoms with E-state index in [0.29, 0.717) is 10.6 Å². The number of fused-ring (bicyclic) bond motifs is 1. The molecule has 0 bridgehead atoms. The summed E-state index contributed by atoms with van der Waals surface area (Å²) in [5.74, 6) is -0.365. The van der Waals surface area contributed by atoms with Crippen molar-refractivity contribution in [3.8, 4) is 0 Å². The highest BCUT2D eigenvalue weighted by Gasteiger charge is 2.20. The lowest BCUT2D eigenvalue weighted by Crippen LogP contribution is -2.17. The zero-order valence-electron chi connectivity index (χ0n) is 14.6. The van der Waals surface area contributed by atoms with Gasteiger partial charge in [-0.3, -0.25) is 9.52 Å². The van der Waals surface area contributed by atoms with Crippen molar-refractivity contribution in [3.63, 3.8) is 0 Å². The third-order valence-corrected chi connectivity index (χ3v) is 6.47. The van der Waals surface area contributed by atoms with Crippen LogP contribution in [0, 0.1) is 0 Å². The number of amides is 1. The smallest absolute Gasteiger partial charge is 0.267 e. The molecule has 0 atom stereocenters. The Hall–Kier alpha value is -3.16. The predicted octanol–water partition coefficient (Wildman–Crippen LogP) is 4.95. The molecular formula is C21H16N2O3S2. The van der Waals surface area contributed by atoms with Gasteiger partial charge in [-0.2, -0.15) is 0 Å². The number of benzene rings is 3. The van der Waals surface area contributed by atoms with Crippen molar-refractivity contribution >= 4 is 49.4 Å². The van der Waals surface area contributed by atoms with Crippen LogP contribution in [0.3, 0.4) is 0 Å². The largest absolute Gasteiger partial charge is 0.321 e. The molecule has 7 heteroatoms. The number of nitrogens with one attached hydrogen (secondary N) is 2. The molecule has 3 aromatic carbocycles. The van der Waals surface area contributed by atoms with Crippen LogP contribution < -0.4 is 10.0 Å². The lowest BCUT2D eigenvalue weighted by molar-refractivity contribution is 0.103. The highest BCUT2D eigenvalue weighted by atomic mass is 32.2. The first-order valence-electron chi connectivity index (χ1n) is 8.48. The molecule has 5 nitrogen and oxygen atoms in total. The van der Waals surface area contributed by atoms with E-state index >= 15 is 0 Å². The van der Waals surface area contributed by atoms with Gasteiger partial charge in [0, 0.05) is 5.69 Å². The second-order valence-electron chi connectivity index (χ2n) is 6.10. The molecule has 1 aromatic heterocycles. The van der Waals surface area contributed by atoms with Crippen LogP contribution in [0.1, 0.15) is 9.67 Å². The number of anilines is 2. The van der Waals surface area contributed by atoms with Gasteiger partial charge in [0.1, 0.15) is 4.88 Å². The lowest BCUT2D eigenvalue weighted by atomic mass is 10.1. The van der Waals surface area contributed by atoms with E-state index in [9.17, 15) is 13.2 Å². The molecule has 0 aliphatic heterocycles. The molecule has 0 saturated carbocycles. The van der Waals surface area contributed by atoms with Crippen molar-refractivity contribution in [1.29, 1.82) is 0 Å². The Balaban J connectivity index is 1.57. The monoisotopic (exact) mass is 408 g/mol. The highest BCUT2D eigenvalue weighted by Crippen LogP contribution is 2.27. The van der Waals surface area contributed by atoms with Gasteiger partial charge in [-0.15, -0.1) is 11.3 Å². The molecule has 4 rings (SSSR count). The molecule has 1 amide bonds. The summed E-state index contributed by atoms with van der Waals surface area (Å²) in [4.78, 5) is 13.2. The molecule has 2 N–H and O–H groups in total. The maximum Gasteiger partial charge on any atom is 0.267 e. The first kappa shape index (κ1) is 18.2. The molecule has 4 aromatic rings. The molecular weight excluding hydrogens is 392 g/mol. The third kappa shape index (κ3) is 3.76. The van der Waals surface area contributed by atoms with E-state index < -0.39 is 10.0 Å². The topological polar surface area (TPSA) is 75.3 Å². The molecule has 0 radical (unpaired) electrons. The fourth-order valence-electron chi connectivity index (χ4n) is 2.82. The molecule has 1 heterocycles. The normalized spacial score (nSPS) is 11.3. The summed E-state index contributed by atoms with van der Waals surface area (Å²) in [5.41, 5.74) is 0.904. The van der Waals surface area contributed by atoms with E-state index in [1.54, 1.807) is 29.6 Å². The Morgan fingerprint density at radius 1 is 0.821 bits per heavy atom. The standard InChI is InChI=1S/C21H16N2O3S2/c24-21(22-17-11-10-15-6-4-5-7-16(15)14-17)20-19(12-13-27-20)23-28(25,26)18-8-2-1-3-9-18/h1-14,23H,(H,22,24). The zero-order chi connectivity index (χ0) is 19.6. The number of sulfonamides is 1. The number of carbonyl (C=O) groups excluding carboxylic acids is 1. The van der Waals surface area contributed by atoms with Crippen LogP contribution in [-0.4, -0.2) is 14.3 Å². The summed E-state index contributed by atoms with van der Waals surface area (Å²) in [6.45, 7) is 0. The van der Waals surface area contributed by atoms with Crippen molar-refractivity contribution in [2.75, 3.05) is 10.0 Å². The Morgan fingerprint density at radius 2 is 1.54 bits per heavy atom. The quantitative estimate of drug-likeness (QED) is 0.490. The van der Waals surface area contributed by atoms with Crippen LogP contribution in [0.5, 0.6) is 0 Å². The maximum atomic E-state index is 12.7. The Bertz CT molecular complexity index is 1250. The van der Waals surface area contributed by atoms with Crippen molar-refractivity contribution < 1.29 is 13.2 Å². The van der Waals surface area contributed by atoms with E-state index in [4.69, 9.17) is 0 Å². The first-order valence-corrected chi connectivity index (χ1v) is 10.8. The Morgan fingerprint density at radius 3 is 2.32 bits per heavy atom. The fraction of sp³-hybridized carbons (Fsp3) is 0. The first-order chi connectivity index (χ1) is 13.5. The maximum absolute atomic E-state index is 12.7. The minimum Gasteiger partial charge on any atom is -0.321 e. The molecule has 0 spiro atoms. The molecule has 0 saturated heterocycles. The van der Waals surface area contributed by atoms with Crippen LogP contribution in [0.25, 0.3) is 10.8 Å². The minimum absolute atomic E-state index is 0.141. The van der Waals surface area contributed by atoms with Crippen LogP contribution >= 0.6 is 11.3 Å². The van der Waals surface area contributed by atoms with Crippen LogP contribution in [-0.2, 0) is 10.0 Å². The van der Waals surface area contributed by atoms with Gasteiger partial charge in [0.25, 0.3) is 15.9 Å². The number of thiophene rings is 1. The van der Waals surface area contributed by atoms with Gasteiger partial charge in [0.05, 0.1) is 10.6 Å². The lowest BCUT2D eigenvalue weighted by Gasteiger charge is -2.10. The summed E-state index contributed by atoms with van der Waals surface area (Å²) in [6.07, 6.45) is 0. The summed E-state index contributed by atoms with van der Waals surface area (Å²) in [6, 6.07) is 23.1. The van der Waals surface area contributed by atoms with Gasteiger partial charge in [-0.05, 0) is 46.5 Å². The van der Waals surface area contributed by atoms with Gasteiger partial charge in [-0.1, -0.05) is 48.5 Å². The summed E-state index contributed by atoms with van der Waals surface area (Å²) in [5, 5.41) is 6.61. The van der Waals surface area contributed by atoms with E-state index in [2.05, 4.69) is 10.0 Å². The van der Waals surface area contributed by atoms with Crippen molar-refractivity contribution in [2.24, 2.45) is 0 Å². The van der Waals surface area contributed by atoms with Crippen molar-refractivity contribution in [2.45, 2.75) is 4.90 Å². The SMILES string of the molecule is O=C(Nc1ccc2ccccc2c1)c1sccc1NS(=O)(=O)c1ccccc1. The molecule has 28 heavy (non-hydrogen) atoms. The van der Waals surface area contributed by atoms with E-state index in [1.165, 1.54) is 23.5 Å². The van der Waals surface area contributed by atoms with E-state index in [-0.39, 0.29) is 16.5 Å². The summed E-state index contributed by atoms with van der Waals surface area (Å²) >= 11 is 1.18. The number of hydrogen-bond donors (Lipinski definition) is 2. The van der Waals surface area contributed by atoms with Gasteiger partial charge in [0.15, 0.2) is 0 Å². The average Bonchev–Trinajstić information content (AvgIpc) is 3.16. The van der Waals surface area contributed by atoms with Gasteiger partial charge in [0.2, 0.25) is 0 Å². The van der Waals surface area contributed by atoms with Crippen LogP contribution in [0.4, 0.5) is 11.4 Å². The van der Waals surface area contributed by atoms with Gasteiger partial charge < -0.3 is 5.32 Å². The average molecular weight is 409 g/mol. The molecule has 0 unspecified atom stereocenters. The molecule has 140 valence electrons. The zero-order valence-corrected chi connectivity index (χ0v) is 16.3. The Labute approximate surface area is 166 Å². The van der Waals surface area contributed by atoms with Crippen molar-refractivity contribution in [3.05, 3.63) is 89.1 Å². The van der Waals surface area contributed by atoms with Gasteiger partial charge >= 0.3 is 0 Å². The fourth-order valence-corrected chi connectivity index (χ4v) is 4.73. The van der Waals surface area contributed by atoms with Crippen molar-refractivity contribution in [1.82, 2.24) is 0 Å². The molecule has 0 aliphatic carbocycles. The minimum atomic E-state index is -3.76. The van der Waals surface area contributed by atoms with Crippen LogP contribution in [0.15, 0.2) is 89.1 Å². The second kappa shape index (κ2) is 7.46. The number of hydrogen-bond acceptors (Lipinski definition) is 4. The van der Waals surface area contributed by atoms with Gasteiger partial charge in [-0.25, -0.2) is 8.42 Å². The molecule has 0 fully saturated rings. The summed E-state index contributed by atoms with van der Waals surface area (Å²) < 4.78 is 27.6. The van der Waals surface area contributed by atoms with Crippen LogP contribution in [0.2, 0.25) is 0 Å².